The smallest absolute Gasteiger partial charge is 0.370 e. The average Bonchev–Trinajstić information content (AvgIpc) is 2.32. The van der Waals surface area contributed by atoms with Gasteiger partial charge in [0.05, 0.1) is 0 Å². The molecule has 0 aliphatic carbocycles. The Morgan fingerprint density at radius 3 is 2.38 bits per heavy atom. The molecule has 6 nitrogen and oxygen atoms in total. The predicted octanol–water partition coefficient (Wildman–Crippen LogP) is 1.01. The van der Waals surface area contributed by atoms with Crippen LogP contribution in [0, 0.1) is 12.3 Å². The Hall–Kier alpha value is -0.860. The molecule has 0 aliphatic rings. The molecular formula is C9H15O6P. The van der Waals surface area contributed by atoms with Gasteiger partial charge in [0.1, 0.15) is 0 Å². The summed E-state index contributed by atoms with van der Waals surface area (Å²) in [5, 5.41) is 0. The Balaban J connectivity index is 4.78. The van der Waals surface area contributed by atoms with Crippen molar-refractivity contribution in [2.45, 2.75) is 12.8 Å². The highest BCUT2D eigenvalue weighted by Crippen LogP contribution is 2.52. The zero-order chi connectivity index (χ0) is 12.6. The van der Waals surface area contributed by atoms with Crippen molar-refractivity contribution in [2.24, 2.45) is 0 Å². The zero-order valence-electron chi connectivity index (χ0n) is 9.47. The lowest BCUT2D eigenvalue weighted by Crippen LogP contribution is -2.28. The van der Waals surface area contributed by atoms with Crippen molar-refractivity contribution < 1.29 is 27.9 Å². The number of carbonyl (C=O) groups excluding carboxylic acids is 1. The van der Waals surface area contributed by atoms with Crippen LogP contribution in [0.15, 0.2) is 0 Å². The SMILES string of the molecule is C#CCOC(=O)C(OCC)P(=O)(OC)OC. The van der Waals surface area contributed by atoms with Crippen LogP contribution in [-0.4, -0.2) is 39.2 Å². The average molecular weight is 250 g/mol. The molecule has 16 heavy (non-hydrogen) atoms. The van der Waals surface area contributed by atoms with Crippen LogP contribution in [0.4, 0.5) is 0 Å². The minimum atomic E-state index is -3.67. The molecule has 0 amide bonds. The molecule has 0 aliphatic heterocycles. The summed E-state index contributed by atoms with van der Waals surface area (Å²) >= 11 is 0. The van der Waals surface area contributed by atoms with Crippen molar-refractivity contribution >= 4 is 13.6 Å². The first-order chi connectivity index (χ1) is 7.55. The van der Waals surface area contributed by atoms with Gasteiger partial charge in [0.2, 0.25) is 0 Å². The number of rotatable bonds is 7. The normalized spacial score (nSPS) is 12.9. The first-order valence-electron chi connectivity index (χ1n) is 4.48. The zero-order valence-corrected chi connectivity index (χ0v) is 10.4. The molecule has 0 aromatic carbocycles. The van der Waals surface area contributed by atoms with Gasteiger partial charge in [-0.1, -0.05) is 5.92 Å². The van der Waals surface area contributed by atoms with E-state index in [1.807, 2.05) is 0 Å². The molecule has 0 aromatic heterocycles. The number of terminal acetylenes is 1. The Bertz CT molecular complexity index is 300. The summed E-state index contributed by atoms with van der Waals surface area (Å²) in [6.45, 7) is 1.57. The molecule has 92 valence electrons. The van der Waals surface area contributed by atoms with E-state index < -0.39 is 19.4 Å². The number of carbonyl (C=O) groups is 1. The Morgan fingerprint density at radius 2 is 2.00 bits per heavy atom. The van der Waals surface area contributed by atoms with Gasteiger partial charge in [0.25, 0.3) is 5.85 Å². The number of hydrogen-bond acceptors (Lipinski definition) is 6. The lowest BCUT2D eigenvalue weighted by molar-refractivity contribution is -0.151. The Morgan fingerprint density at radius 1 is 1.44 bits per heavy atom. The van der Waals surface area contributed by atoms with Gasteiger partial charge in [-0.2, -0.15) is 0 Å². The summed E-state index contributed by atoms with van der Waals surface area (Å²) in [6.07, 6.45) is 4.93. The molecule has 7 heteroatoms. The van der Waals surface area contributed by atoms with Crippen LogP contribution in [0.5, 0.6) is 0 Å². The van der Waals surface area contributed by atoms with Crippen molar-refractivity contribution in [1.82, 2.24) is 0 Å². The minimum Gasteiger partial charge on any atom is -0.450 e. The standard InChI is InChI=1S/C9H15O6P/c1-5-7-15-8(10)9(14-6-2)16(11,12-3)13-4/h1,9H,6-7H2,2-4H3. The van der Waals surface area contributed by atoms with Crippen LogP contribution < -0.4 is 0 Å². The van der Waals surface area contributed by atoms with E-state index in [1.54, 1.807) is 6.92 Å². The van der Waals surface area contributed by atoms with E-state index in [4.69, 9.17) is 11.2 Å². The van der Waals surface area contributed by atoms with Crippen LogP contribution in [0.25, 0.3) is 0 Å². The second-order valence-electron chi connectivity index (χ2n) is 2.52. The van der Waals surface area contributed by atoms with Crippen LogP contribution in [-0.2, 0) is 27.9 Å². The molecule has 0 saturated carbocycles. The summed E-state index contributed by atoms with van der Waals surface area (Å²) < 4.78 is 30.9. The maximum absolute atomic E-state index is 11.9. The van der Waals surface area contributed by atoms with E-state index in [0.29, 0.717) is 0 Å². The minimum absolute atomic E-state index is 0.159. The van der Waals surface area contributed by atoms with E-state index in [2.05, 4.69) is 19.7 Å². The molecule has 0 spiro atoms. The molecule has 0 radical (unpaired) electrons. The molecule has 0 rings (SSSR count). The molecule has 0 N–H and O–H groups in total. The highest BCUT2D eigenvalue weighted by Gasteiger charge is 2.42. The first kappa shape index (κ1) is 15.1. The van der Waals surface area contributed by atoms with Crippen molar-refractivity contribution in [3.63, 3.8) is 0 Å². The number of esters is 1. The fraction of sp³-hybridized carbons (Fsp3) is 0.667. The van der Waals surface area contributed by atoms with Gasteiger partial charge in [-0.25, -0.2) is 4.79 Å². The van der Waals surface area contributed by atoms with Gasteiger partial charge in [0.15, 0.2) is 6.61 Å². The van der Waals surface area contributed by atoms with Crippen LogP contribution in [0.2, 0.25) is 0 Å². The lowest BCUT2D eigenvalue weighted by atomic mass is 10.6. The molecule has 0 saturated heterocycles. The molecule has 0 fully saturated rings. The fourth-order valence-electron chi connectivity index (χ4n) is 0.896. The highest BCUT2D eigenvalue weighted by molar-refractivity contribution is 7.55. The fourth-order valence-corrected chi connectivity index (χ4v) is 2.09. The largest absolute Gasteiger partial charge is 0.450 e. The molecule has 1 atom stereocenters. The Labute approximate surface area is 94.7 Å². The van der Waals surface area contributed by atoms with E-state index in [0.717, 1.165) is 14.2 Å². The van der Waals surface area contributed by atoms with Crippen molar-refractivity contribution in [3.05, 3.63) is 0 Å². The molecule has 0 aromatic rings. The van der Waals surface area contributed by atoms with Gasteiger partial charge in [0, 0.05) is 20.8 Å². The summed E-state index contributed by atoms with van der Waals surface area (Å²) in [7, 11) is -1.35. The van der Waals surface area contributed by atoms with Crippen LogP contribution in [0.3, 0.4) is 0 Å². The maximum Gasteiger partial charge on any atom is 0.370 e. The van der Waals surface area contributed by atoms with Gasteiger partial charge in [-0.05, 0) is 6.92 Å². The molecule has 0 heterocycles. The summed E-state index contributed by atoms with van der Waals surface area (Å²) in [4.78, 5) is 11.5. The monoisotopic (exact) mass is 250 g/mol. The second kappa shape index (κ2) is 7.42. The third-order valence-electron chi connectivity index (χ3n) is 1.62. The number of ether oxygens (including phenoxy) is 2. The Kier molecular flexibility index (Phi) is 7.02. The van der Waals surface area contributed by atoms with E-state index in [1.165, 1.54) is 0 Å². The summed E-state index contributed by atoms with van der Waals surface area (Å²) in [5.74, 6) is -0.171. The number of hydrogen-bond donors (Lipinski definition) is 0. The lowest BCUT2D eigenvalue weighted by Gasteiger charge is -2.21. The first-order valence-corrected chi connectivity index (χ1v) is 6.09. The molecular weight excluding hydrogens is 235 g/mol. The molecule has 1 unspecified atom stereocenters. The third kappa shape index (κ3) is 3.95. The van der Waals surface area contributed by atoms with Crippen molar-refractivity contribution in [2.75, 3.05) is 27.4 Å². The summed E-state index contributed by atoms with van der Waals surface area (Å²) in [5.41, 5.74) is 0. The van der Waals surface area contributed by atoms with E-state index >= 15 is 0 Å². The van der Waals surface area contributed by atoms with Gasteiger partial charge >= 0.3 is 13.6 Å². The van der Waals surface area contributed by atoms with Crippen molar-refractivity contribution in [1.29, 1.82) is 0 Å². The maximum atomic E-state index is 11.9. The van der Waals surface area contributed by atoms with Gasteiger partial charge in [-0.3, -0.25) is 4.57 Å². The highest BCUT2D eigenvalue weighted by atomic mass is 31.2. The van der Waals surface area contributed by atoms with Crippen LogP contribution >= 0.6 is 7.60 Å². The molecule has 0 bridgehead atoms. The van der Waals surface area contributed by atoms with Crippen molar-refractivity contribution in [3.8, 4) is 12.3 Å². The van der Waals surface area contributed by atoms with E-state index in [-0.39, 0.29) is 13.2 Å². The summed E-state index contributed by atoms with van der Waals surface area (Å²) in [6, 6.07) is 0. The quantitative estimate of drug-likeness (QED) is 0.381. The van der Waals surface area contributed by atoms with E-state index in [9.17, 15) is 9.36 Å². The van der Waals surface area contributed by atoms with Crippen LogP contribution in [0.1, 0.15) is 6.92 Å². The third-order valence-corrected chi connectivity index (χ3v) is 3.57. The topological polar surface area (TPSA) is 71.1 Å². The predicted molar refractivity (Wildman–Crippen MR) is 56.8 cm³/mol. The van der Waals surface area contributed by atoms with Gasteiger partial charge in [-0.15, -0.1) is 6.42 Å². The second-order valence-corrected chi connectivity index (χ2v) is 4.80. The van der Waals surface area contributed by atoms with Gasteiger partial charge < -0.3 is 18.5 Å².